The molecule has 194 valence electrons. The molecule has 1 aliphatic rings. The molecule has 0 fully saturated rings. The summed E-state index contributed by atoms with van der Waals surface area (Å²) in [4.78, 5) is 0.289. The van der Waals surface area contributed by atoms with E-state index < -0.39 is 15.1 Å². The van der Waals surface area contributed by atoms with E-state index in [9.17, 15) is 13.0 Å². The molecule has 3 rings (SSSR count). The summed E-state index contributed by atoms with van der Waals surface area (Å²) in [5.74, 6) is 0. The van der Waals surface area contributed by atoms with Gasteiger partial charge in [-0.3, -0.25) is 4.55 Å². The zero-order valence-electron chi connectivity index (χ0n) is 21.4. The number of fused-ring (bicyclic) bond motifs is 1. The first-order chi connectivity index (χ1) is 17.0. The summed E-state index contributed by atoms with van der Waals surface area (Å²) in [6, 6.07) is 17.4. The number of rotatable bonds is 17. The zero-order valence-corrected chi connectivity index (χ0v) is 22.2. The Balaban J connectivity index is 1.50. The van der Waals surface area contributed by atoms with Crippen molar-refractivity contribution in [2.24, 2.45) is 0 Å². The normalized spacial score (nSPS) is 17.4. The van der Waals surface area contributed by atoms with Crippen LogP contribution in [0.25, 0.3) is 0 Å². The van der Waals surface area contributed by atoms with E-state index in [-0.39, 0.29) is 0 Å². The van der Waals surface area contributed by atoms with Crippen molar-refractivity contribution in [3.63, 3.8) is 0 Å². The Morgan fingerprint density at radius 1 is 0.743 bits per heavy atom. The van der Waals surface area contributed by atoms with Gasteiger partial charge >= 0.3 is 10.1 Å². The van der Waals surface area contributed by atoms with Gasteiger partial charge in [0.05, 0.1) is 11.4 Å². The Morgan fingerprint density at radius 2 is 1.26 bits per heavy atom. The highest BCUT2D eigenvalue weighted by Gasteiger charge is 2.52. The van der Waals surface area contributed by atoms with Gasteiger partial charge in [-0.2, -0.15) is 8.42 Å². The number of anilines is 2. The highest BCUT2D eigenvalue weighted by atomic mass is 32.2. The second-order valence-corrected chi connectivity index (χ2v) is 11.6. The molecule has 2 aromatic rings. The van der Waals surface area contributed by atoms with Gasteiger partial charge in [-0.05, 0) is 24.1 Å². The molecule has 0 saturated carbocycles. The van der Waals surface area contributed by atoms with Crippen molar-refractivity contribution in [2.75, 3.05) is 10.2 Å². The van der Waals surface area contributed by atoms with E-state index >= 15 is 0 Å². The van der Waals surface area contributed by atoms with Gasteiger partial charge in [0.1, 0.15) is 0 Å². The molecule has 2 N–H and O–H groups in total. The third-order valence-corrected chi connectivity index (χ3v) is 8.57. The van der Waals surface area contributed by atoms with Crippen LogP contribution in [0.15, 0.2) is 54.6 Å². The van der Waals surface area contributed by atoms with E-state index in [4.69, 9.17) is 0 Å². The third-order valence-electron chi connectivity index (χ3n) is 7.19. The van der Waals surface area contributed by atoms with Crippen molar-refractivity contribution in [3.05, 3.63) is 60.2 Å². The van der Waals surface area contributed by atoms with Crippen molar-refractivity contribution >= 4 is 21.5 Å². The highest BCUT2D eigenvalue weighted by molar-refractivity contribution is 7.87. The molecule has 0 amide bonds. The zero-order chi connectivity index (χ0) is 25.0. The van der Waals surface area contributed by atoms with Crippen LogP contribution in [0.2, 0.25) is 0 Å². The molecule has 6 heteroatoms. The van der Waals surface area contributed by atoms with E-state index in [2.05, 4.69) is 12.2 Å². The number of nitrogens with zero attached hydrogens (tertiary/aromatic N) is 1. The molecular formula is C29H44N2O3S. The molecule has 2 aromatic carbocycles. The quantitative estimate of drug-likeness (QED) is 0.169. The number of benzene rings is 2. The average molecular weight is 501 g/mol. The first-order valence-corrected chi connectivity index (χ1v) is 15.1. The van der Waals surface area contributed by atoms with Crippen molar-refractivity contribution in [3.8, 4) is 0 Å². The Kier molecular flexibility index (Phi) is 10.9. The van der Waals surface area contributed by atoms with Gasteiger partial charge in [0.15, 0.2) is 0 Å². The van der Waals surface area contributed by atoms with Crippen LogP contribution in [0, 0.1) is 0 Å². The minimum absolute atomic E-state index is 0.338. The van der Waals surface area contributed by atoms with Gasteiger partial charge in [-0.25, -0.2) is 0 Å². The Hall–Kier alpha value is -2.05. The summed E-state index contributed by atoms with van der Waals surface area (Å²) < 4.78 is 36.1. The van der Waals surface area contributed by atoms with E-state index in [1.807, 2.05) is 59.5 Å². The van der Waals surface area contributed by atoms with E-state index in [0.29, 0.717) is 13.0 Å². The van der Waals surface area contributed by atoms with Crippen LogP contribution >= 0.6 is 0 Å². The number of unbranched alkanes of at least 4 members (excludes halogenated alkanes) is 12. The molecule has 0 aromatic heterocycles. The maximum Gasteiger partial charge on any atom is 0.308 e. The summed E-state index contributed by atoms with van der Waals surface area (Å²) in [6.07, 6.45) is 16.4. The van der Waals surface area contributed by atoms with Gasteiger partial charge in [-0.15, -0.1) is 0 Å². The van der Waals surface area contributed by atoms with Crippen molar-refractivity contribution in [1.29, 1.82) is 0 Å². The monoisotopic (exact) mass is 500 g/mol. The second-order valence-electron chi connectivity index (χ2n) is 9.97. The molecule has 1 heterocycles. The van der Waals surface area contributed by atoms with Gasteiger partial charge in [-0.1, -0.05) is 126 Å². The van der Waals surface area contributed by atoms with Gasteiger partial charge in [0, 0.05) is 13.0 Å². The summed E-state index contributed by atoms with van der Waals surface area (Å²) >= 11 is 0. The maximum atomic E-state index is 12.8. The molecule has 0 saturated heterocycles. The molecule has 0 radical (unpaired) electrons. The van der Waals surface area contributed by atoms with E-state index in [1.54, 1.807) is 0 Å². The second kappa shape index (κ2) is 13.9. The summed E-state index contributed by atoms with van der Waals surface area (Å²) in [5.41, 5.74) is 2.56. The molecule has 1 aliphatic heterocycles. The van der Waals surface area contributed by atoms with Gasteiger partial charge < -0.3 is 10.2 Å². The molecule has 1 unspecified atom stereocenters. The lowest BCUT2D eigenvalue weighted by Gasteiger charge is -2.37. The van der Waals surface area contributed by atoms with Crippen LogP contribution in [0.5, 0.6) is 0 Å². The fraction of sp³-hybridized carbons (Fsp3) is 0.586. The maximum absolute atomic E-state index is 12.8. The van der Waals surface area contributed by atoms with Crippen molar-refractivity contribution in [2.45, 2.75) is 108 Å². The van der Waals surface area contributed by atoms with Crippen LogP contribution in [0.4, 0.5) is 11.4 Å². The number of para-hydroxylation sites is 2. The first kappa shape index (κ1) is 27.5. The fourth-order valence-corrected chi connectivity index (χ4v) is 6.26. The SMILES string of the molecule is CCCCCCCCCCCCCCCC1(S(=O)(=O)O)Nc2ccccc2N1Cc1ccccc1. The lowest BCUT2D eigenvalue weighted by molar-refractivity contribution is 0.408. The van der Waals surface area contributed by atoms with Gasteiger partial charge in [0.2, 0.25) is 4.99 Å². The van der Waals surface area contributed by atoms with Crippen molar-refractivity contribution in [1.82, 2.24) is 0 Å². The largest absolute Gasteiger partial charge is 0.346 e. The van der Waals surface area contributed by atoms with Crippen molar-refractivity contribution < 1.29 is 13.0 Å². The minimum atomic E-state index is -4.40. The molecule has 35 heavy (non-hydrogen) atoms. The minimum Gasteiger partial charge on any atom is -0.346 e. The molecular weight excluding hydrogens is 456 g/mol. The topological polar surface area (TPSA) is 69.6 Å². The highest BCUT2D eigenvalue weighted by Crippen LogP contribution is 2.45. The van der Waals surface area contributed by atoms with Gasteiger partial charge in [0.25, 0.3) is 0 Å². The van der Waals surface area contributed by atoms with E-state index in [1.165, 1.54) is 64.2 Å². The predicted molar refractivity (Wildman–Crippen MR) is 147 cm³/mol. The predicted octanol–water partition coefficient (Wildman–Crippen LogP) is 8.14. The third kappa shape index (κ3) is 7.71. The van der Waals surface area contributed by atoms with Crippen LogP contribution < -0.4 is 10.2 Å². The average Bonchev–Trinajstić information content (AvgIpc) is 3.17. The molecule has 0 spiro atoms. The number of hydrogen-bond donors (Lipinski definition) is 2. The number of nitrogens with one attached hydrogen (secondary N) is 1. The molecule has 1 atom stereocenters. The Bertz CT molecular complexity index is 980. The Labute approximate surface area is 213 Å². The first-order valence-electron chi connectivity index (χ1n) is 13.6. The standard InChI is InChI=1S/C29H44N2O3S/c1-2-3-4-5-6-7-8-9-10-11-12-13-19-24-29(35(32,33)34)30-27-22-17-18-23-28(27)31(29)25-26-20-15-14-16-21-26/h14-18,20-23,30H,2-13,19,24-25H2,1H3,(H,32,33,34). The smallest absolute Gasteiger partial charge is 0.308 e. The summed E-state index contributed by atoms with van der Waals surface area (Å²) in [7, 11) is -4.40. The van der Waals surface area contributed by atoms with Crippen LogP contribution in [-0.2, 0) is 16.7 Å². The lowest BCUT2D eigenvalue weighted by Crippen LogP contribution is -2.56. The lowest BCUT2D eigenvalue weighted by atomic mass is 10.0. The molecule has 0 aliphatic carbocycles. The van der Waals surface area contributed by atoms with Crippen LogP contribution in [-0.4, -0.2) is 18.0 Å². The molecule has 0 bridgehead atoms. The summed E-state index contributed by atoms with van der Waals surface area (Å²) in [5, 5.41) is 3.19. The van der Waals surface area contributed by atoms with E-state index in [0.717, 1.165) is 36.2 Å². The fourth-order valence-electron chi connectivity index (χ4n) is 5.18. The number of hydrogen-bond acceptors (Lipinski definition) is 4. The Morgan fingerprint density at radius 3 is 1.83 bits per heavy atom. The van der Waals surface area contributed by atoms with Crippen LogP contribution in [0.3, 0.4) is 0 Å². The molecule has 5 nitrogen and oxygen atoms in total. The summed E-state index contributed by atoms with van der Waals surface area (Å²) in [6.45, 7) is 2.66. The van der Waals surface area contributed by atoms with Crippen LogP contribution in [0.1, 0.15) is 102 Å².